The lowest BCUT2D eigenvalue weighted by Gasteiger charge is -2.15. The molecule has 1 aromatic carbocycles. The number of aliphatic hydroxyl groups is 1. The molecule has 0 aliphatic rings. The summed E-state index contributed by atoms with van der Waals surface area (Å²) < 4.78 is 25.1. The topological polar surface area (TPSA) is 54.4 Å². The highest BCUT2D eigenvalue weighted by atomic mass is 32.2. The van der Waals surface area contributed by atoms with Gasteiger partial charge in [-0.1, -0.05) is 76.0 Å². The van der Waals surface area contributed by atoms with Gasteiger partial charge in [-0.05, 0) is 25.5 Å². The lowest BCUT2D eigenvalue weighted by molar-refractivity contribution is 0.283. The van der Waals surface area contributed by atoms with Crippen molar-refractivity contribution < 1.29 is 13.5 Å². The highest BCUT2D eigenvalue weighted by Gasteiger charge is 2.26. The quantitative estimate of drug-likeness (QED) is 0.563. The molecule has 0 aliphatic carbocycles. The molecule has 1 aromatic rings. The van der Waals surface area contributed by atoms with Crippen LogP contribution in [0.4, 0.5) is 0 Å². The molecule has 1 unspecified atom stereocenters. The predicted molar refractivity (Wildman–Crippen MR) is 96.5 cm³/mol. The molecular formula is C19H32O3S. The average Bonchev–Trinajstić information content (AvgIpc) is 2.53. The summed E-state index contributed by atoms with van der Waals surface area (Å²) in [6.07, 6.45) is 9.99. The summed E-state index contributed by atoms with van der Waals surface area (Å²) in [5, 5.41) is 8.82. The standard InChI is InChI=1S/C19H32O3S/c1-3-4-5-6-7-8-9-10-11-19(16-20)23(21,22)18-14-12-17(2)13-15-18/h12-15,19-20H,3-11,16H2,1-2H3. The normalized spacial score (nSPS) is 13.2. The molecule has 1 rings (SSSR count). The van der Waals surface area contributed by atoms with Gasteiger partial charge in [-0.2, -0.15) is 0 Å². The molecule has 0 aromatic heterocycles. The first-order valence-electron chi connectivity index (χ1n) is 8.93. The summed E-state index contributed by atoms with van der Waals surface area (Å²) in [5.41, 5.74) is 1.03. The minimum Gasteiger partial charge on any atom is -0.395 e. The van der Waals surface area contributed by atoms with Crippen LogP contribution in [-0.4, -0.2) is 25.4 Å². The zero-order valence-corrected chi connectivity index (χ0v) is 15.4. The number of sulfone groups is 1. The van der Waals surface area contributed by atoms with Crippen LogP contribution >= 0.6 is 0 Å². The maximum absolute atomic E-state index is 12.6. The van der Waals surface area contributed by atoms with E-state index in [0.29, 0.717) is 11.3 Å². The molecule has 0 aliphatic heterocycles. The molecule has 0 amide bonds. The van der Waals surface area contributed by atoms with Crippen LogP contribution < -0.4 is 0 Å². The van der Waals surface area contributed by atoms with Gasteiger partial charge in [0, 0.05) is 0 Å². The van der Waals surface area contributed by atoms with Gasteiger partial charge in [0.15, 0.2) is 9.84 Å². The molecular weight excluding hydrogens is 308 g/mol. The second kappa shape index (κ2) is 10.8. The second-order valence-corrected chi connectivity index (χ2v) is 8.65. The maximum Gasteiger partial charge on any atom is 0.183 e. The first-order chi connectivity index (χ1) is 11.0. The van der Waals surface area contributed by atoms with E-state index in [1.165, 1.54) is 32.1 Å². The van der Waals surface area contributed by atoms with Crippen LogP contribution in [0.15, 0.2) is 29.2 Å². The van der Waals surface area contributed by atoms with Gasteiger partial charge in [0.1, 0.15) is 0 Å². The van der Waals surface area contributed by atoms with Crippen molar-refractivity contribution in [3.63, 3.8) is 0 Å². The molecule has 0 radical (unpaired) electrons. The Balaban J connectivity index is 2.39. The Morgan fingerprint density at radius 2 is 1.43 bits per heavy atom. The molecule has 4 heteroatoms. The highest BCUT2D eigenvalue weighted by molar-refractivity contribution is 7.92. The Morgan fingerprint density at radius 1 is 0.913 bits per heavy atom. The third kappa shape index (κ3) is 7.05. The van der Waals surface area contributed by atoms with Crippen molar-refractivity contribution in [2.24, 2.45) is 0 Å². The highest BCUT2D eigenvalue weighted by Crippen LogP contribution is 2.21. The van der Waals surface area contributed by atoms with E-state index in [1.807, 2.05) is 6.92 Å². The third-order valence-electron chi connectivity index (χ3n) is 4.37. The molecule has 132 valence electrons. The van der Waals surface area contributed by atoms with E-state index in [1.54, 1.807) is 24.3 Å². The molecule has 0 saturated carbocycles. The van der Waals surface area contributed by atoms with Gasteiger partial charge in [-0.25, -0.2) is 8.42 Å². The molecule has 0 spiro atoms. The molecule has 0 fully saturated rings. The fourth-order valence-corrected chi connectivity index (χ4v) is 4.34. The predicted octanol–water partition coefficient (Wildman–Crippen LogP) is 4.66. The smallest absolute Gasteiger partial charge is 0.183 e. The molecule has 0 bridgehead atoms. The summed E-state index contributed by atoms with van der Waals surface area (Å²) in [4.78, 5) is 0.321. The van der Waals surface area contributed by atoms with Crippen molar-refractivity contribution in [1.29, 1.82) is 0 Å². The Hall–Kier alpha value is -0.870. The van der Waals surface area contributed by atoms with Crippen molar-refractivity contribution >= 4 is 9.84 Å². The van der Waals surface area contributed by atoms with E-state index < -0.39 is 15.1 Å². The van der Waals surface area contributed by atoms with Gasteiger partial charge in [0.25, 0.3) is 0 Å². The first-order valence-corrected chi connectivity index (χ1v) is 10.5. The van der Waals surface area contributed by atoms with Gasteiger partial charge in [-0.15, -0.1) is 0 Å². The van der Waals surface area contributed by atoms with Gasteiger partial charge in [0.2, 0.25) is 0 Å². The fourth-order valence-electron chi connectivity index (χ4n) is 2.77. The van der Waals surface area contributed by atoms with E-state index in [2.05, 4.69) is 6.92 Å². The van der Waals surface area contributed by atoms with Crippen molar-refractivity contribution in [3.05, 3.63) is 29.8 Å². The number of aliphatic hydroxyl groups excluding tert-OH is 1. The first kappa shape index (κ1) is 20.2. The Bertz CT molecular complexity index is 520. The fraction of sp³-hybridized carbons (Fsp3) is 0.684. The molecule has 0 saturated heterocycles. The van der Waals surface area contributed by atoms with Crippen LogP contribution in [0.25, 0.3) is 0 Å². The van der Waals surface area contributed by atoms with Gasteiger partial charge in [0.05, 0.1) is 16.8 Å². The SMILES string of the molecule is CCCCCCCCCCC(CO)S(=O)(=O)c1ccc(C)cc1. The number of hydrogen-bond acceptors (Lipinski definition) is 3. The van der Waals surface area contributed by atoms with Gasteiger partial charge >= 0.3 is 0 Å². The van der Waals surface area contributed by atoms with E-state index in [-0.39, 0.29) is 6.61 Å². The second-order valence-electron chi connectivity index (χ2n) is 6.43. The lowest BCUT2D eigenvalue weighted by Crippen LogP contribution is -2.25. The number of rotatable bonds is 12. The van der Waals surface area contributed by atoms with Crippen molar-refractivity contribution in [3.8, 4) is 0 Å². The maximum atomic E-state index is 12.6. The average molecular weight is 341 g/mol. The summed E-state index contributed by atoms with van der Waals surface area (Å²) in [7, 11) is -3.42. The summed E-state index contributed by atoms with van der Waals surface area (Å²) in [6, 6.07) is 6.89. The number of hydrogen-bond donors (Lipinski definition) is 1. The third-order valence-corrected chi connectivity index (χ3v) is 6.56. The molecule has 3 nitrogen and oxygen atoms in total. The van der Waals surface area contributed by atoms with E-state index in [4.69, 9.17) is 0 Å². The number of benzene rings is 1. The Kier molecular flexibility index (Phi) is 9.49. The van der Waals surface area contributed by atoms with Crippen LogP contribution in [0, 0.1) is 6.92 Å². The van der Waals surface area contributed by atoms with Crippen LogP contribution in [0.1, 0.15) is 70.3 Å². The Morgan fingerprint density at radius 3 is 1.96 bits per heavy atom. The zero-order chi connectivity index (χ0) is 17.1. The van der Waals surface area contributed by atoms with Crippen LogP contribution in [0.5, 0.6) is 0 Å². The van der Waals surface area contributed by atoms with Gasteiger partial charge in [-0.3, -0.25) is 0 Å². The molecule has 1 atom stereocenters. The van der Waals surface area contributed by atoms with Crippen LogP contribution in [0.2, 0.25) is 0 Å². The minimum absolute atomic E-state index is 0.299. The lowest BCUT2D eigenvalue weighted by atomic mass is 10.1. The van der Waals surface area contributed by atoms with Gasteiger partial charge < -0.3 is 5.11 Å². The number of unbranched alkanes of at least 4 members (excludes halogenated alkanes) is 7. The van der Waals surface area contributed by atoms with Crippen LogP contribution in [0.3, 0.4) is 0 Å². The van der Waals surface area contributed by atoms with E-state index >= 15 is 0 Å². The van der Waals surface area contributed by atoms with E-state index in [0.717, 1.165) is 24.8 Å². The van der Waals surface area contributed by atoms with Crippen molar-refractivity contribution in [2.75, 3.05) is 6.61 Å². The summed E-state index contributed by atoms with van der Waals surface area (Å²) in [5.74, 6) is 0. The summed E-state index contributed by atoms with van der Waals surface area (Å²) in [6.45, 7) is 3.84. The zero-order valence-electron chi connectivity index (χ0n) is 14.6. The monoisotopic (exact) mass is 340 g/mol. The molecule has 23 heavy (non-hydrogen) atoms. The van der Waals surface area contributed by atoms with Crippen molar-refractivity contribution in [2.45, 2.75) is 81.8 Å². The molecule has 1 N–H and O–H groups in total. The minimum atomic E-state index is -3.42. The van der Waals surface area contributed by atoms with Crippen LogP contribution in [-0.2, 0) is 9.84 Å². The van der Waals surface area contributed by atoms with Crippen molar-refractivity contribution in [1.82, 2.24) is 0 Å². The molecule has 0 heterocycles. The largest absolute Gasteiger partial charge is 0.395 e. The Labute approximate surface area is 142 Å². The summed E-state index contributed by atoms with van der Waals surface area (Å²) >= 11 is 0. The van der Waals surface area contributed by atoms with E-state index in [9.17, 15) is 13.5 Å². The number of aryl methyl sites for hydroxylation is 1.